The van der Waals surface area contributed by atoms with Gasteiger partial charge in [0.15, 0.2) is 9.84 Å². The molecule has 1 fully saturated rings. The van der Waals surface area contributed by atoms with Gasteiger partial charge in [-0.25, -0.2) is 8.42 Å². The molecule has 1 N–H and O–H groups in total. The predicted octanol–water partition coefficient (Wildman–Crippen LogP) is 2.64. The van der Waals surface area contributed by atoms with Crippen molar-refractivity contribution in [3.8, 4) is 0 Å². The fourth-order valence-corrected chi connectivity index (χ4v) is 5.01. The van der Waals surface area contributed by atoms with Crippen LogP contribution in [0.15, 0.2) is 22.7 Å². The van der Waals surface area contributed by atoms with Gasteiger partial charge in [-0.3, -0.25) is 4.90 Å². The fraction of sp³-hybridized carbons (Fsp3) is 0.571. The minimum Gasteiger partial charge on any atom is -0.388 e. The van der Waals surface area contributed by atoms with Crippen molar-refractivity contribution in [1.29, 1.82) is 0 Å². The summed E-state index contributed by atoms with van der Waals surface area (Å²) < 4.78 is 24.0. The maximum absolute atomic E-state index is 11.5. The van der Waals surface area contributed by atoms with Crippen LogP contribution in [0.4, 0.5) is 0 Å². The smallest absolute Gasteiger partial charge is 0.153 e. The first-order valence-electron chi connectivity index (χ1n) is 6.86. The lowest BCUT2D eigenvalue weighted by Crippen LogP contribution is -2.47. The number of sulfone groups is 1. The number of rotatable bonds is 4. The summed E-state index contributed by atoms with van der Waals surface area (Å²) in [6.07, 6.45) is -0.109. The van der Waals surface area contributed by atoms with Crippen molar-refractivity contribution >= 4 is 37.4 Å². The van der Waals surface area contributed by atoms with Crippen LogP contribution in [-0.4, -0.2) is 49.1 Å². The zero-order chi connectivity index (χ0) is 15.6. The topological polar surface area (TPSA) is 57.6 Å². The van der Waals surface area contributed by atoms with Gasteiger partial charge in [-0.1, -0.05) is 33.6 Å². The van der Waals surface area contributed by atoms with E-state index in [0.717, 1.165) is 4.47 Å². The van der Waals surface area contributed by atoms with Crippen LogP contribution < -0.4 is 0 Å². The van der Waals surface area contributed by atoms with Crippen LogP contribution in [0.25, 0.3) is 0 Å². The minimum absolute atomic E-state index is 0.00339. The molecule has 4 nitrogen and oxygen atoms in total. The van der Waals surface area contributed by atoms with Gasteiger partial charge >= 0.3 is 0 Å². The highest BCUT2D eigenvalue weighted by Gasteiger charge is 2.28. The van der Waals surface area contributed by atoms with E-state index in [2.05, 4.69) is 20.8 Å². The molecule has 1 saturated heterocycles. The van der Waals surface area contributed by atoms with Gasteiger partial charge < -0.3 is 5.11 Å². The highest BCUT2D eigenvalue weighted by molar-refractivity contribution is 9.10. The number of nitrogens with zero attached hydrogens (tertiary/aromatic N) is 1. The summed E-state index contributed by atoms with van der Waals surface area (Å²) >= 11 is 9.46. The number of hydrogen-bond donors (Lipinski definition) is 1. The van der Waals surface area contributed by atoms with Gasteiger partial charge in [0, 0.05) is 28.6 Å². The molecule has 0 spiro atoms. The molecule has 2 rings (SSSR count). The molecule has 2 atom stereocenters. The molecule has 0 saturated carbocycles. The lowest BCUT2D eigenvalue weighted by atomic mass is 10.1. The monoisotopic (exact) mass is 395 g/mol. The average molecular weight is 397 g/mol. The first kappa shape index (κ1) is 17.2. The molecule has 0 bridgehead atoms. The molecule has 118 valence electrons. The molecule has 0 aliphatic carbocycles. The Labute approximate surface area is 139 Å². The zero-order valence-corrected chi connectivity index (χ0v) is 15.0. The summed E-state index contributed by atoms with van der Waals surface area (Å²) in [7, 11) is -2.90. The van der Waals surface area contributed by atoms with Crippen molar-refractivity contribution in [2.75, 3.05) is 24.6 Å². The van der Waals surface area contributed by atoms with Gasteiger partial charge in [-0.15, -0.1) is 0 Å². The van der Waals surface area contributed by atoms with Crippen molar-refractivity contribution in [2.45, 2.75) is 25.5 Å². The number of benzene rings is 1. The van der Waals surface area contributed by atoms with Gasteiger partial charge in [0.25, 0.3) is 0 Å². The van der Waals surface area contributed by atoms with E-state index in [9.17, 15) is 13.5 Å². The van der Waals surface area contributed by atoms with Crippen LogP contribution in [0.1, 0.15) is 25.0 Å². The van der Waals surface area contributed by atoms with Crippen LogP contribution in [0.5, 0.6) is 0 Å². The Morgan fingerprint density at radius 1 is 1.52 bits per heavy atom. The van der Waals surface area contributed by atoms with E-state index in [0.29, 0.717) is 30.1 Å². The Morgan fingerprint density at radius 3 is 2.86 bits per heavy atom. The van der Waals surface area contributed by atoms with Crippen molar-refractivity contribution < 1.29 is 13.5 Å². The third kappa shape index (κ3) is 4.66. The molecule has 1 aromatic rings. The molecule has 1 heterocycles. The molecular formula is C14H19BrClNO3S. The summed E-state index contributed by atoms with van der Waals surface area (Å²) in [5.41, 5.74) is 0.706. The number of hydrogen-bond acceptors (Lipinski definition) is 4. The Morgan fingerprint density at radius 2 is 2.24 bits per heavy atom. The Kier molecular flexibility index (Phi) is 5.71. The van der Waals surface area contributed by atoms with Gasteiger partial charge in [0.1, 0.15) is 0 Å². The molecular weight excluding hydrogens is 378 g/mol. The Bertz CT molecular complexity index is 608. The van der Waals surface area contributed by atoms with E-state index in [-0.39, 0.29) is 17.5 Å². The summed E-state index contributed by atoms with van der Waals surface area (Å²) in [6, 6.07) is 5.41. The van der Waals surface area contributed by atoms with Crippen LogP contribution in [0, 0.1) is 0 Å². The quantitative estimate of drug-likeness (QED) is 0.850. The minimum atomic E-state index is -2.90. The maximum Gasteiger partial charge on any atom is 0.153 e. The lowest BCUT2D eigenvalue weighted by Gasteiger charge is -2.33. The van der Waals surface area contributed by atoms with Gasteiger partial charge in [-0.05, 0) is 31.0 Å². The second-order valence-electron chi connectivity index (χ2n) is 5.47. The zero-order valence-electron chi connectivity index (χ0n) is 11.8. The third-order valence-corrected chi connectivity index (χ3v) is 6.43. The second-order valence-corrected chi connectivity index (χ2v) is 9.02. The fourth-order valence-electron chi connectivity index (χ4n) is 2.58. The SMILES string of the molecule is CC1CS(=O)(=O)CCN1CCC(O)c1ccc(Br)cc1Cl. The molecule has 0 radical (unpaired) electrons. The lowest BCUT2D eigenvalue weighted by molar-refractivity contribution is 0.132. The standard InChI is InChI=1S/C14H19BrClNO3S/c1-10-9-21(19,20)7-6-17(10)5-4-14(18)12-3-2-11(15)8-13(12)16/h2-3,8,10,14,18H,4-7,9H2,1H3. The van der Waals surface area contributed by atoms with E-state index in [1.807, 2.05) is 13.0 Å². The van der Waals surface area contributed by atoms with Crippen LogP contribution >= 0.6 is 27.5 Å². The van der Waals surface area contributed by atoms with Crippen molar-refractivity contribution in [1.82, 2.24) is 4.90 Å². The predicted molar refractivity (Wildman–Crippen MR) is 88.4 cm³/mol. The second kappa shape index (κ2) is 6.96. The Balaban J connectivity index is 1.94. The molecule has 2 unspecified atom stereocenters. The van der Waals surface area contributed by atoms with Crippen molar-refractivity contribution in [2.24, 2.45) is 0 Å². The highest BCUT2D eigenvalue weighted by Crippen LogP contribution is 2.28. The van der Waals surface area contributed by atoms with Gasteiger partial charge in [0.2, 0.25) is 0 Å². The molecule has 1 aliphatic heterocycles. The Hall–Kier alpha value is -0.140. The summed E-state index contributed by atoms with van der Waals surface area (Å²) in [6.45, 7) is 3.10. The molecule has 7 heteroatoms. The maximum atomic E-state index is 11.5. The number of aliphatic hydroxyl groups excluding tert-OH is 1. The van der Waals surface area contributed by atoms with Gasteiger partial charge in [-0.2, -0.15) is 0 Å². The van der Waals surface area contributed by atoms with Crippen LogP contribution in [0.2, 0.25) is 5.02 Å². The van der Waals surface area contributed by atoms with E-state index >= 15 is 0 Å². The molecule has 21 heavy (non-hydrogen) atoms. The molecule has 1 aromatic carbocycles. The summed E-state index contributed by atoms with van der Waals surface area (Å²) in [5, 5.41) is 10.8. The highest BCUT2D eigenvalue weighted by atomic mass is 79.9. The average Bonchev–Trinajstić information content (AvgIpc) is 2.36. The van der Waals surface area contributed by atoms with Crippen LogP contribution in [0.3, 0.4) is 0 Å². The number of aliphatic hydroxyl groups is 1. The first-order chi connectivity index (χ1) is 9.78. The molecule has 1 aliphatic rings. The number of halogens is 2. The largest absolute Gasteiger partial charge is 0.388 e. The van der Waals surface area contributed by atoms with Crippen molar-refractivity contribution in [3.63, 3.8) is 0 Å². The normalized spacial score (nSPS) is 23.9. The van der Waals surface area contributed by atoms with Crippen molar-refractivity contribution in [3.05, 3.63) is 33.3 Å². The van der Waals surface area contributed by atoms with Gasteiger partial charge in [0.05, 0.1) is 17.6 Å². The van der Waals surface area contributed by atoms with E-state index < -0.39 is 15.9 Å². The van der Waals surface area contributed by atoms with Crippen LogP contribution in [-0.2, 0) is 9.84 Å². The molecule has 0 amide bonds. The molecule has 0 aromatic heterocycles. The van der Waals surface area contributed by atoms with E-state index in [1.54, 1.807) is 12.1 Å². The summed E-state index contributed by atoms with van der Waals surface area (Å²) in [5.74, 6) is 0.397. The third-order valence-electron chi connectivity index (χ3n) is 3.82. The van der Waals surface area contributed by atoms with E-state index in [1.165, 1.54) is 0 Å². The first-order valence-corrected chi connectivity index (χ1v) is 9.85. The van der Waals surface area contributed by atoms with E-state index in [4.69, 9.17) is 11.6 Å². The summed E-state index contributed by atoms with van der Waals surface area (Å²) in [4.78, 5) is 2.11.